The van der Waals surface area contributed by atoms with Crippen molar-refractivity contribution in [2.24, 2.45) is 0 Å². The number of carbonyl (C=O) groups excluding carboxylic acids is 1. The maximum Gasteiger partial charge on any atom is 0.223 e. The molecule has 0 aliphatic rings. The molecule has 1 aromatic rings. The Morgan fingerprint density at radius 1 is 1.50 bits per heavy atom. The third-order valence-electron chi connectivity index (χ3n) is 2.14. The Morgan fingerprint density at radius 2 is 2.19 bits per heavy atom. The van der Waals surface area contributed by atoms with Gasteiger partial charge in [0.1, 0.15) is 5.82 Å². The maximum atomic E-state index is 12.9. The molecule has 1 aromatic carbocycles. The number of amides is 1. The Hall–Kier alpha value is -0.800. The Kier molecular flexibility index (Phi) is 5.03. The van der Waals surface area contributed by atoms with Crippen LogP contribution in [0.15, 0.2) is 18.2 Å². The summed E-state index contributed by atoms with van der Waals surface area (Å²) in [5.41, 5.74) is 0.789. The summed E-state index contributed by atoms with van der Waals surface area (Å²) in [5.74, 6) is -0.205. The molecule has 0 fully saturated rings. The average Bonchev–Trinajstić information content (AvgIpc) is 2.24. The van der Waals surface area contributed by atoms with Gasteiger partial charge in [-0.1, -0.05) is 17.7 Å². The van der Waals surface area contributed by atoms with Gasteiger partial charge in [-0.05, 0) is 17.7 Å². The van der Waals surface area contributed by atoms with Crippen LogP contribution in [0.2, 0.25) is 5.02 Å². The fourth-order valence-corrected chi connectivity index (χ4v) is 1.64. The van der Waals surface area contributed by atoms with Crippen LogP contribution in [0.5, 0.6) is 0 Å². The molecule has 0 bridgehead atoms. The zero-order chi connectivity index (χ0) is 12.1. The van der Waals surface area contributed by atoms with Gasteiger partial charge < -0.3 is 4.90 Å². The van der Waals surface area contributed by atoms with E-state index in [0.29, 0.717) is 18.8 Å². The van der Waals surface area contributed by atoms with Gasteiger partial charge in [-0.3, -0.25) is 4.79 Å². The summed E-state index contributed by atoms with van der Waals surface area (Å²) in [5, 5.41) is 0.0655. The fourth-order valence-electron chi connectivity index (χ4n) is 1.27. The van der Waals surface area contributed by atoms with E-state index in [9.17, 15) is 9.18 Å². The summed E-state index contributed by atoms with van der Waals surface area (Å²) in [6.07, 6.45) is 0.299. The second-order valence-corrected chi connectivity index (χ2v) is 4.22. The molecule has 1 rings (SSSR count). The van der Waals surface area contributed by atoms with Gasteiger partial charge in [-0.25, -0.2) is 4.39 Å². The van der Waals surface area contributed by atoms with E-state index in [4.69, 9.17) is 23.2 Å². The molecule has 0 saturated carbocycles. The van der Waals surface area contributed by atoms with Crippen LogP contribution in [0.3, 0.4) is 0 Å². The zero-order valence-corrected chi connectivity index (χ0v) is 10.4. The van der Waals surface area contributed by atoms with Gasteiger partial charge in [-0.15, -0.1) is 11.6 Å². The lowest BCUT2D eigenvalue weighted by molar-refractivity contribution is -0.129. The van der Waals surface area contributed by atoms with Crippen LogP contribution in [0.4, 0.5) is 4.39 Å². The average molecular weight is 264 g/mol. The van der Waals surface area contributed by atoms with E-state index in [0.717, 1.165) is 5.56 Å². The summed E-state index contributed by atoms with van der Waals surface area (Å²) >= 11 is 11.1. The van der Waals surface area contributed by atoms with Crippen LogP contribution >= 0.6 is 23.2 Å². The molecule has 16 heavy (non-hydrogen) atoms. The van der Waals surface area contributed by atoms with Crippen molar-refractivity contribution in [1.29, 1.82) is 0 Å². The first-order valence-corrected chi connectivity index (χ1v) is 5.69. The molecule has 0 spiro atoms. The number of carbonyl (C=O) groups is 1. The molecule has 0 aliphatic heterocycles. The minimum atomic E-state index is -0.458. The van der Waals surface area contributed by atoms with Crippen LogP contribution in [0, 0.1) is 5.82 Å². The van der Waals surface area contributed by atoms with Crippen LogP contribution in [-0.4, -0.2) is 23.7 Å². The third kappa shape index (κ3) is 3.65. The lowest BCUT2D eigenvalue weighted by atomic mass is 10.2. The van der Waals surface area contributed by atoms with Crippen molar-refractivity contribution in [2.45, 2.75) is 13.0 Å². The van der Waals surface area contributed by atoms with E-state index in [1.807, 2.05) is 0 Å². The molecule has 5 heteroatoms. The summed E-state index contributed by atoms with van der Waals surface area (Å²) < 4.78 is 12.9. The minimum absolute atomic E-state index is 0.0459. The number of halogens is 3. The number of rotatable bonds is 4. The molecule has 0 radical (unpaired) electrons. The highest BCUT2D eigenvalue weighted by Gasteiger charge is 2.09. The van der Waals surface area contributed by atoms with Crippen molar-refractivity contribution in [3.63, 3.8) is 0 Å². The summed E-state index contributed by atoms with van der Waals surface area (Å²) in [6.45, 7) is 0.399. The standard InChI is InChI=1S/C11H12Cl2FNO/c1-15(11(16)4-5-12)7-8-2-3-10(14)9(13)6-8/h2-3,6H,4-5,7H2,1H3. The molecular weight excluding hydrogens is 252 g/mol. The van der Waals surface area contributed by atoms with Gasteiger partial charge in [0.05, 0.1) is 5.02 Å². The number of hydrogen-bond acceptors (Lipinski definition) is 1. The quantitative estimate of drug-likeness (QED) is 0.765. The number of benzene rings is 1. The monoisotopic (exact) mass is 263 g/mol. The Morgan fingerprint density at radius 3 is 2.75 bits per heavy atom. The first-order chi connectivity index (χ1) is 7.54. The van der Waals surface area contributed by atoms with Crippen molar-refractivity contribution in [3.05, 3.63) is 34.6 Å². The van der Waals surface area contributed by atoms with Gasteiger partial charge in [-0.2, -0.15) is 0 Å². The van der Waals surface area contributed by atoms with Gasteiger partial charge >= 0.3 is 0 Å². The molecule has 88 valence electrons. The lowest BCUT2D eigenvalue weighted by Crippen LogP contribution is -2.26. The lowest BCUT2D eigenvalue weighted by Gasteiger charge is -2.16. The van der Waals surface area contributed by atoms with E-state index < -0.39 is 5.82 Å². The molecule has 0 heterocycles. The smallest absolute Gasteiger partial charge is 0.223 e. The molecule has 0 unspecified atom stereocenters. The Bertz CT molecular complexity index is 384. The maximum absolute atomic E-state index is 12.9. The largest absolute Gasteiger partial charge is 0.341 e. The van der Waals surface area contributed by atoms with Crippen LogP contribution in [-0.2, 0) is 11.3 Å². The highest BCUT2D eigenvalue weighted by molar-refractivity contribution is 6.30. The Labute approximate surface area is 104 Å². The van der Waals surface area contributed by atoms with Crippen LogP contribution < -0.4 is 0 Å². The minimum Gasteiger partial charge on any atom is -0.341 e. The van der Waals surface area contributed by atoms with Gasteiger partial charge in [0.15, 0.2) is 0 Å². The van der Waals surface area contributed by atoms with E-state index in [1.54, 1.807) is 13.1 Å². The highest BCUT2D eigenvalue weighted by Crippen LogP contribution is 2.17. The molecule has 0 atom stereocenters. The van der Waals surface area contributed by atoms with Crippen molar-refractivity contribution in [2.75, 3.05) is 12.9 Å². The predicted molar refractivity (Wildman–Crippen MR) is 63.2 cm³/mol. The van der Waals surface area contributed by atoms with E-state index in [-0.39, 0.29) is 10.9 Å². The molecule has 0 N–H and O–H groups in total. The predicted octanol–water partition coefficient (Wildman–Crippen LogP) is 3.07. The first-order valence-electron chi connectivity index (χ1n) is 4.78. The topological polar surface area (TPSA) is 20.3 Å². The van der Waals surface area contributed by atoms with Crippen molar-refractivity contribution < 1.29 is 9.18 Å². The third-order valence-corrected chi connectivity index (χ3v) is 2.62. The second kappa shape index (κ2) is 6.06. The normalized spacial score (nSPS) is 10.2. The molecule has 0 aromatic heterocycles. The number of hydrogen-bond donors (Lipinski definition) is 0. The van der Waals surface area contributed by atoms with Crippen LogP contribution in [0.25, 0.3) is 0 Å². The number of nitrogens with zero attached hydrogens (tertiary/aromatic N) is 1. The summed E-state index contributed by atoms with van der Waals surface area (Å²) in [7, 11) is 1.67. The number of alkyl halides is 1. The summed E-state index contributed by atoms with van der Waals surface area (Å²) in [6, 6.07) is 4.41. The summed E-state index contributed by atoms with van der Waals surface area (Å²) in [4.78, 5) is 13.0. The molecule has 1 amide bonds. The van der Waals surface area contributed by atoms with E-state index >= 15 is 0 Å². The first kappa shape index (κ1) is 13.3. The van der Waals surface area contributed by atoms with Gasteiger partial charge in [0, 0.05) is 25.9 Å². The zero-order valence-electron chi connectivity index (χ0n) is 8.84. The Balaban J connectivity index is 2.66. The van der Waals surface area contributed by atoms with Crippen molar-refractivity contribution >= 4 is 29.1 Å². The highest BCUT2D eigenvalue weighted by atomic mass is 35.5. The van der Waals surface area contributed by atoms with E-state index in [1.165, 1.54) is 17.0 Å². The SMILES string of the molecule is CN(Cc1ccc(F)c(Cl)c1)C(=O)CCCl. The molecule has 2 nitrogen and oxygen atoms in total. The molecule has 0 saturated heterocycles. The second-order valence-electron chi connectivity index (χ2n) is 3.44. The van der Waals surface area contributed by atoms with Crippen molar-refractivity contribution in [1.82, 2.24) is 4.90 Å². The molecule has 0 aliphatic carbocycles. The van der Waals surface area contributed by atoms with Crippen LogP contribution in [0.1, 0.15) is 12.0 Å². The van der Waals surface area contributed by atoms with Crippen molar-refractivity contribution in [3.8, 4) is 0 Å². The van der Waals surface area contributed by atoms with E-state index in [2.05, 4.69) is 0 Å². The fraction of sp³-hybridized carbons (Fsp3) is 0.364. The van der Waals surface area contributed by atoms with Gasteiger partial charge in [0.25, 0.3) is 0 Å². The molecular formula is C11H12Cl2FNO. The van der Waals surface area contributed by atoms with Gasteiger partial charge in [0.2, 0.25) is 5.91 Å².